The minimum Gasteiger partial charge on any atom is -0.456 e. The zero-order valence-electron chi connectivity index (χ0n) is 24.2. The van der Waals surface area contributed by atoms with Crippen LogP contribution in [0.1, 0.15) is 0 Å². The summed E-state index contributed by atoms with van der Waals surface area (Å²) < 4.78 is 6.21. The molecule has 7 aromatic carbocycles. The number of benzene rings is 7. The van der Waals surface area contributed by atoms with E-state index in [1.807, 2.05) is 60.7 Å². The molecule has 0 aliphatic rings. The Hall–Kier alpha value is -6.13. The number of hydrogen-bond acceptors (Lipinski definition) is 4. The van der Waals surface area contributed by atoms with Crippen LogP contribution in [0.3, 0.4) is 0 Å². The van der Waals surface area contributed by atoms with E-state index in [0.717, 1.165) is 44.0 Å². The second-order valence-electron chi connectivity index (χ2n) is 11.2. The average Bonchev–Trinajstić information content (AvgIpc) is 3.50. The fourth-order valence-electron chi connectivity index (χ4n) is 6.41. The van der Waals surface area contributed by atoms with E-state index >= 15 is 0 Å². The van der Waals surface area contributed by atoms with Crippen LogP contribution in [0.5, 0.6) is 0 Å². The van der Waals surface area contributed by atoms with Gasteiger partial charge in [0.1, 0.15) is 11.2 Å². The lowest BCUT2D eigenvalue weighted by molar-refractivity contribution is 0.669. The highest BCUT2D eigenvalue weighted by molar-refractivity contribution is 6.15. The molecule has 0 radical (unpaired) electrons. The highest BCUT2D eigenvalue weighted by Gasteiger charge is 2.18. The molecule has 9 rings (SSSR count). The van der Waals surface area contributed by atoms with Gasteiger partial charge in [-0.3, -0.25) is 0 Å². The number of nitrogens with zero attached hydrogens (tertiary/aromatic N) is 3. The molecule has 0 aliphatic carbocycles. The molecule has 0 amide bonds. The standard InChI is InChI=1S/C41H25N3O/c1-3-11-26(12-4-1)31-17-9-15-28-23-21-27-22-24-30(25-34(27)37(28)31)40-42-39(29-13-5-2-6-14-29)43-41(44-40)33-18-10-20-36-38(33)32-16-7-8-19-35(32)45-36/h1-25H. The van der Waals surface area contributed by atoms with Crippen molar-refractivity contribution in [3.63, 3.8) is 0 Å². The Kier molecular flexibility index (Phi) is 5.78. The molecule has 0 aliphatic heterocycles. The lowest BCUT2D eigenvalue weighted by Gasteiger charge is -2.13. The largest absolute Gasteiger partial charge is 0.456 e. The third kappa shape index (κ3) is 4.27. The first kappa shape index (κ1) is 25.4. The maximum atomic E-state index is 6.21. The Morgan fingerprint density at radius 3 is 1.82 bits per heavy atom. The normalized spacial score (nSPS) is 11.6. The summed E-state index contributed by atoms with van der Waals surface area (Å²) in [6.07, 6.45) is 0. The van der Waals surface area contributed by atoms with Gasteiger partial charge in [-0.25, -0.2) is 15.0 Å². The highest BCUT2D eigenvalue weighted by atomic mass is 16.3. The Balaban J connectivity index is 1.31. The van der Waals surface area contributed by atoms with Crippen LogP contribution in [0.25, 0.3) is 88.8 Å². The summed E-state index contributed by atoms with van der Waals surface area (Å²) >= 11 is 0. The molecule has 0 bridgehead atoms. The summed E-state index contributed by atoms with van der Waals surface area (Å²) in [5, 5.41) is 6.78. The smallest absolute Gasteiger partial charge is 0.164 e. The van der Waals surface area contributed by atoms with Crippen molar-refractivity contribution in [1.29, 1.82) is 0 Å². The predicted molar refractivity (Wildman–Crippen MR) is 184 cm³/mol. The maximum absolute atomic E-state index is 6.21. The first-order chi connectivity index (χ1) is 22.3. The Morgan fingerprint density at radius 1 is 0.356 bits per heavy atom. The van der Waals surface area contributed by atoms with Crippen LogP contribution in [0.4, 0.5) is 0 Å². The van der Waals surface area contributed by atoms with Crippen molar-refractivity contribution in [3.8, 4) is 45.3 Å². The minimum atomic E-state index is 0.610. The lowest BCUT2D eigenvalue weighted by Crippen LogP contribution is -2.00. The van der Waals surface area contributed by atoms with E-state index in [1.165, 1.54) is 27.3 Å². The van der Waals surface area contributed by atoms with Crippen LogP contribution < -0.4 is 0 Å². The fourth-order valence-corrected chi connectivity index (χ4v) is 6.41. The molecular formula is C41H25N3O. The Labute approximate surface area is 259 Å². The Bertz CT molecular complexity index is 2540. The van der Waals surface area contributed by atoms with Crippen LogP contribution in [-0.4, -0.2) is 15.0 Å². The van der Waals surface area contributed by atoms with E-state index in [2.05, 4.69) is 91.0 Å². The summed E-state index contributed by atoms with van der Waals surface area (Å²) in [7, 11) is 0. The molecule has 2 heterocycles. The second kappa shape index (κ2) is 10.2. The topological polar surface area (TPSA) is 51.8 Å². The third-order valence-electron chi connectivity index (χ3n) is 8.52. The summed E-state index contributed by atoms with van der Waals surface area (Å²) in [5.74, 6) is 1.86. The molecule has 0 saturated carbocycles. The molecule has 4 heteroatoms. The number of furan rings is 1. The highest BCUT2D eigenvalue weighted by Crippen LogP contribution is 2.38. The summed E-state index contributed by atoms with van der Waals surface area (Å²) in [6.45, 7) is 0. The van der Waals surface area contributed by atoms with Crippen LogP contribution in [-0.2, 0) is 0 Å². The molecule has 0 unspecified atom stereocenters. The lowest BCUT2D eigenvalue weighted by atomic mass is 9.93. The van der Waals surface area contributed by atoms with Gasteiger partial charge in [-0.15, -0.1) is 0 Å². The number of para-hydroxylation sites is 1. The van der Waals surface area contributed by atoms with Gasteiger partial charge in [0, 0.05) is 27.5 Å². The predicted octanol–water partition coefficient (Wildman–Crippen LogP) is 10.7. The van der Waals surface area contributed by atoms with Gasteiger partial charge in [0.2, 0.25) is 0 Å². The van der Waals surface area contributed by atoms with Crippen molar-refractivity contribution in [2.75, 3.05) is 0 Å². The first-order valence-corrected chi connectivity index (χ1v) is 15.0. The van der Waals surface area contributed by atoms with Gasteiger partial charge in [-0.05, 0) is 50.9 Å². The van der Waals surface area contributed by atoms with Crippen molar-refractivity contribution in [3.05, 3.63) is 152 Å². The zero-order chi connectivity index (χ0) is 29.7. The van der Waals surface area contributed by atoms with Crippen molar-refractivity contribution >= 4 is 43.5 Å². The molecule has 0 spiro atoms. The summed E-state index contributed by atoms with van der Waals surface area (Å²) in [4.78, 5) is 15.2. The molecule has 9 aromatic rings. The quantitative estimate of drug-likeness (QED) is 0.196. The van der Waals surface area contributed by atoms with Crippen LogP contribution in [0.15, 0.2) is 156 Å². The second-order valence-corrected chi connectivity index (χ2v) is 11.2. The molecule has 4 nitrogen and oxygen atoms in total. The Morgan fingerprint density at radius 2 is 0.978 bits per heavy atom. The number of fused-ring (bicyclic) bond motifs is 6. The molecule has 0 atom stereocenters. The van der Waals surface area contributed by atoms with Crippen molar-refractivity contribution < 1.29 is 4.42 Å². The summed E-state index contributed by atoms with van der Waals surface area (Å²) in [6, 6.07) is 52.3. The molecule has 210 valence electrons. The van der Waals surface area contributed by atoms with Crippen molar-refractivity contribution in [2.24, 2.45) is 0 Å². The van der Waals surface area contributed by atoms with E-state index in [9.17, 15) is 0 Å². The van der Waals surface area contributed by atoms with E-state index in [4.69, 9.17) is 19.4 Å². The SMILES string of the molecule is c1ccc(-c2nc(-c3ccc4ccc5cccc(-c6ccccc6)c5c4c3)nc(-c3cccc4oc5ccccc5c34)n2)cc1. The van der Waals surface area contributed by atoms with Gasteiger partial charge in [-0.2, -0.15) is 0 Å². The van der Waals surface area contributed by atoms with E-state index in [1.54, 1.807) is 0 Å². The molecule has 0 saturated heterocycles. The van der Waals surface area contributed by atoms with Gasteiger partial charge in [0.05, 0.1) is 0 Å². The number of aromatic nitrogens is 3. The maximum Gasteiger partial charge on any atom is 0.164 e. The van der Waals surface area contributed by atoms with Gasteiger partial charge in [0.25, 0.3) is 0 Å². The van der Waals surface area contributed by atoms with Gasteiger partial charge >= 0.3 is 0 Å². The molecule has 45 heavy (non-hydrogen) atoms. The van der Waals surface area contributed by atoms with E-state index < -0.39 is 0 Å². The van der Waals surface area contributed by atoms with E-state index in [-0.39, 0.29) is 0 Å². The van der Waals surface area contributed by atoms with E-state index in [0.29, 0.717) is 17.5 Å². The zero-order valence-corrected chi connectivity index (χ0v) is 24.2. The fraction of sp³-hybridized carbons (Fsp3) is 0. The van der Waals surface area contributed by atoms with Crippen LogP contribution in [0, 0.1) is 0 Å². The third-order valence-corrected chi connectivity index (χ3v) is 8.52. The van der Waals surface area contributed by atoms with Crippen molar-refractivity contribution in [2.45, 2.75) is 0 Å². The molecule has 2 aromatic heterocycles. The van der Waals surface area contributed by atoms with Gasteiger partial charge < -0.3 is 4.42 Å². The minimum absolute atomic E-state index is 0.610. The molecule has 0 fully saturated rings. The number of hydrogen-bond donors (Lipinski definition) is 0. The molecule has 0 N–H and O–H groups in total. The number of rotatable bonds is 4. The van der Waals surface area contributed by atoms with Crippen LogP contribution in [0.2, 0.25) is 0 Å². The first-order valence-electron chi connectivity index (χ1n) is 15.0. The van der Waals surface area contributed by atoms with Gasteiger partial charge in [0.15, 0.2) is 17.5 Å². The van der Waals surface area contributed by atoms with Crippen LogP contribution >= 0.6 is 0 Å². The van der Waals surface area contributed by atoms with Crippen molar-refractivity contribution in [1.82, 2.24) is 15.0 Å². The average molecular weight is 576 g/mol. The summed E-state index contributed by atoms with van der Waals surface area (Å²) in [5.41, 5.74) is 6.82. The monoisotopic (exact) mass is 575 g/mol. The van der Waals surface area contributed by atoms with Gasteiger partial charge in [-0.1, -0.05) is 133 Å². The molecular weight excluding hydrogens is 550 g/mol.